The standard InChI is InChI=1S/C11H23BO3/c1-8(2)11(7,13)12-14-9(3,4)10(5,6)15-12/h8,13H,1-7H3/t11-/m0/s1. The minimum absolute atomic E-state index is 0.0900. The number of hydrogen-bond acceptors (Lipinski definition) is 3. The van der Waals surface area contributed by atoms with Crippen LogP contribution in [0.3, 0.4) is 0 Å². The zero-order valence-corrected chi connectivity index (χ0v) is 10.9. The lowest BCUT2D eigenvalue weighted by molar-refractivity contribution is 0.00578. The fraction of sp³-hybridized carbons (Fsp3) is 1.00. The maximum Gasteiger partial charge on any atom is 0.491 e. The van der Waals surface area contributed by atoms with E-state index in [2.05, 4.69) is 0 Å². The van der Waals surface area contributed by atoms with Gasteiger partial charge in [-0.25, -0.2) is 0 Å². The molecule has 0 bridgehead atoms. The van der Waals surface area contributed by atoms with Gasteiger partial charge in [0.1, 0.15) is 0 Å². The summed E-state index contributed by atoms with van der Waals surface area (Å²) in [5.41, 5.74) is -1.71. The second-order valence-electron chi connectivity index (χ2n) is 5.97. The van der Waals surface area contributed by atoms with Crippen LogP contribution in [0.1, 0.15) is 48.5 Å². The molecule has 0 aromatic carbocycles. The van der Waals surface area contributed by atoms with Crippen molar-refractivity contribution in [3.63, 3.8) is 0 Å². The lowest BCUT2D eigenvalue weighted by Gasteiger charge is -2.32. The third-order valence-electron chi connectivity index (χ3n) is 3.90. The molecule has 4 heteroatoms. The Kier molecular flexibility index (Phi) is 3.01. The van der Waals surface area contributed by atoms with Crippen LogP contribution >= 0.6 is 0 Å². The maximum atomic E-state index is 10.3. The predicted octanol–water partition coefficient (Wildman–Crippen LogP) is 2.02. The predicted molar refractivity (Wildman–Crippen MR) is 61.5 cm³/mol. The molecule has 1 heterocycles. The SMILES string of the molecule is CC(C)[C@](C)(O)B1OC(C)(C)C(C)(C)O1. The third kappa shape index (κ3) is 2.08. The van der Waals surface area contributed by atoms with Crippen LogP contribution in [-0.4, -0.2) is 28.9 Å². The Morgan fingerprint density at radius 2 is 1.40 bits per heavy atom. The van der Waals surface area contributed by atoms with Gasteiger partial charge in [-0.2, -0.15) is 0 Å². The van der Waals surface area contributed by atoms with Crippen molar-refractivity contribution in [2.75, 3.05) is 0 Å². The Bertz CT molecular complexity index is 230. The van der Waals surface area contributed by atoms with E-state index in [1.165, 1.54) is 0 Å². The zero-order valence-electron chi connectivity index (χ0n) is 10.9. The van der Waals surface area contributed by atoms with E-state index in [1.54, 1.807) is 6.92 Å². The molecule has 3 nitrogen and oxygen atoms in total. The van der Waals surface area contributed by atoms with E-state index in [-0.39, 0.29) is 17.1 Å². The highest BCUT2D eigenvalue weighted by atomic mass is 16.7. The summed E-state index contributed by atoms with van der Waals surface area (Å²) in [6.07, 6.45) is 0. The van der Waals surface area contributed by atoms with E-state index in [0.29, 0.717) is 0 Å². The van der Waals surface area contributed by atoms with Gasteiger partial charge in [-0.3, -0.25) is 0 Å². The summed E-state index contributed by atoms with van der Waals surface area (Å²) in [5, 5.41) is 10.3. The van der Waals surface area contributed by atoms with E-state index in [1.807, 2.05) is 41.5 Å². The fourth-order valence-electron chi connectivity index (χ4n) is 1.35. The van der Waals surface area contributed by atoms with E-state index >= 15 is 0 Å². The van der Waals surface area contributed by atoms with Crippen LogP contribution in [0.25, 0.3) is 0 Å². The molecule has 1 aliphatic rings. The molecule has 88 valence electrons. The van der Waals surface area contributed by atoms with Crippen molar-refractivity contribution in [1.82, 2.24) is 0 Å². The van der Waals surface area contributed by atoms with Gasteiger partial charge >= 0.3 is 7.12 Å². The lowest BCUT2D eigenvalue weighted by Crippen LogP contribution is -2.49. The molecule has 15 heavy (non-hydrogen) atoms. The van der Waals surface area contributed by atoms with E-state index in [4.69, 9.17) is 9.31 Å². The van der Waals surface area contributed by atoms with Gasteiger partial charge in [-0.15, -0.1) is 0 Å². The van der Waals surface area contributed by atoms with Gasteiger partial charge in [0.25, 0.3) is 0 Å². The highest BCUT2D eigenvalue weighted by Gasteiger charge is 2.58. The first-order valence-corrected chi connectivity index (χ1v) is 5.59. The highest BCUT2D eigenvalue weighted by Crippen LogP contribution is 2.40. The van der Waals surface area contributed by atoms with Crippen molar-refractivity contribution >= 4 is 7.12 Å². The Morgan fingerprint density at radius 3 is 1.67 bits per heavy atom. The summed E-state index contributed by atoms with van der Waals surface area (Å²) in [5.74, 6) is 0.0900. The zero-order chi connectivity index (χ0) is 12.1. The first-order chi connectivity index (χ1) is 6.51. The summed E-state index contributed by atoms with van der Waals surface area (Å²) in [7, 11) is -0.553. The van der Waals surface area contributed by atoms with Crippen LogP contribution in [0.2, 0.25) is 0 Å². The normalized spacial score (nSPS) is 28.2. The summed E-state index contributed by atoms with van der Waals surface area (Å²) in [6.45, 7) is 13.6. The molecule has 1 rings (SSSR count). The van der Waals surface area contributed by atoms with Gasteiger partial charge in [0.2, 0.25) is 0 Å². The quantitative estimate of drug-likeness (QED) is 0.714. The molecule has 1 fully saturated rings. The minimum atomic E-state index is -0.953. The lowest BCUT2D eigenvalue weighted by atomic mass is 9.62. The summed E-state index contributed by atoms with van der Waals surface area (Å²) in [6, 6.07) is 0. The second-order valence-corrected chi connectivity index (χ2v) is 5.97. The average Bonchev–Trinajstić information content (AvgIpc) is 2.21. The van der Waals surface area contributed by atoms with Crippen molar-refractivity contribution in [3.05, 3.63) is 0 Å². The first kappa shape index (κ1) is 13.0. The van der Waals surface area contributed by atoms with Crippen molar-refractivity contribution in [2.45, 2.75) is 65.2 Å². The molecule has 1 saturated heterocycles. The van der Waals surface area contributed by atoms with Crippen molar-refractivity contribution in [3.8, 4) is 0 Å². The van der Waals surface area contributed by atoms with Gasteiger partial charge in [0.15, 0.2) is 0 Å². The molecule has 0 saturated carbocycles. The average molecular weight is 214 g/mol. The van der Waals surface area contributed by atoms with Crippen LogP contribution in [0, 0.1) is 5.92 Å². The number of hydrogen-bond donors (Lipinski definition) is 1. The first-order valence-electron chi connectivity index (χ1n) is 5.59. The Hall–Kier alpha value is -0.0551. The maximum absolute atomic E-state index is 10.3. The Labute approximate surface area is 93.3 Å². The molecular formula is C11H23BO3. The van der Waals surface area contributed by atoms with Gasteiger partial charge < -0.3 is 14.4 Å². The molecule has 0 aliphatic carbocycles. The van der Waals surface area contributed by atoms with Crippen LogP contribution in [0.5, 0.6) is 0 Å². The fourth-order valence-corrected chi connectivity index (χ4v) is 1.35. The molecule has 0 aromatic heterocycles. The second kappa shape index (κ2) is 3.47. The van der Waals surface area contributed by atoms with Crippen LogP contribution in [0.15, 0.2) is 0 Å². The summed E-state index contributed by atoms with van der Waals surface area (Å²) < 4.78 is 11.6. The molecule has 0 amide bonds. The van der Waals surface area contributed by atoms with Gasteiger partial charge in [-0.1, -0.05) is 13.8 Å². The van der Waals surface area contributed by atoms with Crippen LogP contribution in [0.4, 0.5) is 0 Å². The summed E-state index contributed by atoms with van der Waals surface area (Å²) in [4.78, 5) is 0. The monoisotopic (exact) mass is 214 g/mol. The molecule has 1 atom stereocenters. The topological polar surface area (TPSA) is 38.7 Å². The number of aliphatic hydroxyl groups is 1. The Balaban J connectivity index is 2.88. The summed E-state index contributed by atoms with van der Waals surface area (Å²) >= 11 is 0. The van der Waals surface area contributed by atoms with E-state index in [0.717, 1.165) is 0 Å². The van der Waals surface area contributed by atoms with E-state index in [9.17, 15) is 5.11 Å². The van der Waals surface area contributed by atoms with Gasteiger partial charge in [0, 0.05) is 0 Å². The third-order valence-corrected chi connectivity index (χ3v) is 3.90. The molecule has 1 N–H and O–H groups in total. The smallest absolute Gasteiger partial charge is 0.401 e. The Morgan fingerprint density at radius 1 is 1.07 bits per heavy atom. The van der Waals surface area contributed by atoms with Crippen molar-refractivity contribution < 1.29 is 14.4 Å². The van der Waals surface area contributed by atoms with Crippen molar-refractivity contribution in [1.29, 1.82) is 0 Å². The minimum Gasteiger partial charge on any atom is -0.401 e. The highest BCUT2D eigenvalue weighted by molar-refractivity contribution is 6.49. The molecular weight excluding hydrogens is 191 g/mol. The van der Waals surface area contributed by atoms with Crippen LogP contribution in [-0.2, 0) is 9.31 Å². The largest absolute Gasteiger partial charge is 0.491 e. The van der Waals surface area contributed by atoms with Crippen molar-refractivity contribution in [2.24, 2.45) is 5.92 Å². The van der Waals surface area contributed by atoms with Crippen LogP contribution < -0.4 is 0 Å². The molecule has 0 unspecified atom stereocenters. The molecule has 0 radical (unpaired) electrons. The van der Waals surface area contributed by atoms with Gasteiger partial charge in [0.05, 0.1) is 16.7 Å². The molecule has 0 aromatic rings. The van der Waals surface area contributed by atoms with E-state index < -0.39 is 12.6 Å². The number of rotatable bonds is 2. The molecule has 0 spiro atoms. The van der Waals surface area contributed by atoms with Gasteiger partial charge in [-0.05, 0) is 40.5 Å². The molecule has 1 aliphatic heterocycles.